The third-order valence-corrected chi connectivity index (χ3v) is 6.49. The molecular weight excluding hydrogens is 418 g/mol. The summed E-state index contributed by atoms with van der Waals surface area (Å²) in [6.07, 6.45) is 3.04. The molecule has 1 fully saturated rings. The van der Waals surface area contributed by atoms with Crippen LogP contribution < -0.4 is 10.1 Å². The molecule has 2 heterocycles. The number of amides is 3. The Morgan fingerprint density at radius 1 is 1.03 bits per heavy atom. The molecule has 1 N–H and O–H groups in total. The van der Waals surface area contributed by atoms with Crippen molar-refractivity contribution in [3.05, 3.63) is 64.7 Å². The van der Waals surface area contributed by atoms with Crippen LogP contribution in [0.25, 0.3) is 0 Å². The van der Waals surface area contributed by atoms with Gasteiger partial charge in [0.25, 0.3) is 11.8 Å². The molecule has 7 nitrogen and oxygen atoms in total. The van der Waals surface area contributed by atoms with Gasteiger partial charge in [-0.05, 0) is 69.1 Å². The molecule has 33 heavy (non-hydrogen) atoms. The second-order valence-electron chi connectivity index (χ2n) is 8.75. The summed E-state index contributed by atoms with van der Waals surface area (Å²) in [5.74, 6) is 0.197. The van der Waals surface area contributed by atoms with Crippen LogP contribution in [0.3, 0.4) is 0 Å². The van der Waals surface area contributed by atoms with Gasteiger partial charge in [0.1, 0.15) is 5.75 Å². The van der Waals surface area contributed by atoms with Crippen molar-refractivity contribution in [2.45, 2.75) is 38.6 Å². The first-order valence-electron chi connectivity index (χ1n) is 11.6. The fourth-order valence-corrected chi connectivity index (χ4v) is 4.64. The third-order valence-electron chi connectivity index (χ3n) is 6.49. The Bertz CT molecular complexity index is 1030. The molecule has 0 saturated carbocycles. The zero-order valence-electron chi connectivity index (χ0n) is 19.3. The minimum absolute atomic E-state index is 0.0693. The Morgan fingerprint density at radius 2 is 1.73 bits per heavy atom. The lowest BCUT2D eigenvalue weighted by Crippen LogP contribution is -2.37. The second-order valence-corrected chi connectivity index (χ2v) is 8.75. The molecule has 4 rings (SSSR count). The van der Waals surface area contributed by atoms with Gasteiger partial charge in [-0.1, -0.05) is 23.8 Å². The Hall–Kier alpha value is -3.19. The molecule has 0 radical (unpaired) electrons. The zero-order valence-corrected chi connectivity index (χ0v) is 19.3. The van der Waals surface area contributed by atoms with E-state index in [1.165, 1.54) is 17.7 Å². The lowest BCUT2D eigenvalue weighted by atomic mass is 10.0. The molecule has 0 bridgehead atoms. The van der Waals surface area contributed by atoms with Crippen LogP contribution in [0.5, 0.6) is 5.75 Å². The monoisotopic (exact) mass is 449 g/mol. The van der Waals surface area contributed by atoms with E-state index in [1.807, 2.05) is 25.1 Å². The number of methoxy groups -OCH3 is 1. The number of imide groups is 1. The maximum absolute atomic E-state index is 12.6. The van der Waals surface area contributed by atoms with Gasteiger partial charge >= 0.3 is 0 Å². The van der Waals surface area contributed by atoms with Gasteiger partial charge in [-0.3, -0.25) is 24.2 Å². The highest BCUT2D eigenvalue weighted by molar-refractivity contribution is 6.21. The lowest BCUT2D eigenvalue weighted by Gasteiger charge is -2.28. The van der Waals surface area contributed by atoms with Crippen LogP contribution >= 0.6 is 0 Å². The van der Waals surface area contributed by atoms with Gasteiger partial charge in [0.05, 0.1) is 24.3 Å². The number of nitrogens with one attached hydrogen (secondary N) is 1. The van der Waals surface area contributed by atoms with Crippen LogP contribution in [0.1, 0.15) is 63.6 Å². The topological polar surface area (TPSA) is 79.0 Å². The zero-order chi connectivity index (χ0) is 23.4. The number of rotatable bonds is 9. The number of carbonyl (C=O) groups excluding carboxylic acids is 3. The van der Waals surface area contributed by atoms with Gasteiger partial charge in [0, 0.05) is 19.5 Å². The van der Waals surface area contributed by atoms with Crippen LogP contribution in [0.15, 0.2) is 42.5 Å². The molecule has 1 unspecified atom stereocenters. The molecule has 0 aliphatic carbocycles. The molecule has 2 aliphatic rings. The maximum Gasteiger partial charge on any atom is 0.261 e. The van der Waals surface area contributed by atoms with E-state index in [9.17, 15) is 14.4 Å². The minimum Gasteiger partial charge on any atom is -0.497 e. The summed E-state index contributed by atoms with van der Waals surface area (Å²) in [7, 11) is 1.65. The summed E-state index contributed by atoms with van der Waals surface area (Å²) < 4.78 is 5.27. The first-order valence-corrected chi connectivity index (χ1v) is 11.6. The molecular formula is C26H31N3O4. The Morgan fingerprint density at radius 3 is 2.42 bits per heavy atom. The molecule has 0 spiro atoms. The molecule has 3 amide bonds. The summed E-state index contributed by atoms with van der Waals surface area (Å²) in [6.45, 7) is 4.70. The average Bonchev–Trinajstić information content (AvgIpc) is 3.43. The number of likely N-dealkylation sites (tertiary alicyclic amines) is 1. The van der Waals surface area contributed by atoms with E-state index in [-0.39, 0.29) is 36.7 Å². The van der Waals surface area contributed by atoms with Crippen molar-refractivity contribution in [1.29, 1.82) is 0 Å². The standard InChI is InChI=1S/C26H31N3O4/c1-18-7-12-21-22(16-18)26(32)29(25(21)31)15-5-6-24(30)27-17-23(28-13-3-4-14-28)19-8-10-20(33-2)11-9-19/h7-12,16,23H,3-6,13-15,17H2,1-2H3,(H,27,30). The van der Waals surface area contributed by atoms with Gasteiger partial charge < -0.3 is 10.1 Å². The number of hydrogen-bond acceptors (Lipinski definition) is 5. The molecule has 2 aliphatic heterocycles. The van der Waals surface area contributed by atoms with Crippen molar-refractivity contribution in [2.24, 2.45) is 0 Å². The molecule has 7 heteroatoms. The molecule has 2 aromatic carbocycles. The van der Waals surface area contributed by atoms with Crippen LogP contribution in [0, 0.1) is 6.92 Å². The molecule has 174 valence electrons. The number of carbonyl (C=O) groups is 3. The molecule has 1 saturated heterocycles. The Labute approximate surface area is 194 Å². The molecule has 1 atom stereocenters. The number of nitrogens with zero attached hydrogens (tertiary/aromatic N) is 2. The van der Waals surface area contributed by atoms with Crippen molar-refractivity contribution >= 4 is 17.7 Å². The SMILES string of the molecule is COc1ccc(C(CNC(=O)CCCN2C(=O)c3ccc(C)cc3C2=O)N2CCCC2)cc1. The summed E-state index contributed by atoms with van der Waals surface area (Å²) >= 11 is 0. The van der Waals surface area contributed by atoms with E-state index < -0.39 is 0 Å². The van der Waals surface area contributed by atoms with E-state index in [1.54, 1.807) is 19.2 Å². The smallest absolute Gasteiger partial charge is 0.261 e. The fraction of sp³-hybridized carbons (Fsp3) is 0.423. The normalized spacial score (nSPS) is 16.7. The Kier molecular flexibility index (Phi) is 7.08. The summed E-state index contributed by atoms with van der Waals surface area (Å²) in [4.78, 5) is 41.4. The van der Waals surface area contributed by atoms with E-state index in [4.69, 9.17) is 4.74 Å². The fourth-order valence-electron chi connectivity index (χ4n) is 4.64. The summed E-state index contributed by atoms with van der Waals surface area (Å²) in [6, 6.07) is 13.4. The number of benzene rings is 2. The van der Waals surface area contributed by atoms with Gasteiger partial charge in [-0.25, -0.2) is 0 Å². The lowest BCUT2D eigenvalue weighted by molar-refractivity contribution is -0.121. The van der Waals surface area contributed by atoms with Gasteiger partial charge in [0.15, 0.2) is 0 Å². The van der Waals surface area contributed by atoms with Gasteiger partial charge in [0.2, 0.25) is 5.91 Å². The highest BCUT2D eigenvalue weighted by Gasteiger charge is 2.35. The largest absolute Gasteiger partial charge is 0.497 e. The highest BCUT2D eigenvalue weighted by Crippen LogP contribution is 2.27. The van der Waals surface area contributed by atoms with Crippen molar-refractivity contribution < 1.29 is 19.1 Å². The first kappa shape index (κ1) is 23.0. The van der Waals surface area contributed by atoms with Crippen LogP contribution in [0.2, 0.25) is 0 Å². The van der Waals surface area contributed by atoms with Crippen molar-refractivity contribution in [1.82, 2.24) is 15.1 Å². The number of ether oxygens (including phenoxy) is 1. The summed E-state index contributed by atoms with van der Waals surface area (Å²) in [5.41, 5.74) is 3.00. The summed E-state index contributed by atoms with van der Waals surface area (Å²) in [5, 5.41) is 3.06. The van der Waals surface area contributed by atoms with E-state index in [0.29, 0.717) is 24.1 Å². The second kappa shape index (κ2) is 10.2. The minimum atomic E-state index is -0.274. The average molecular weight is 450 g/mol. The first-order chi connectivity index (χ1) is 16.0. The quantitative estimate of drug-likeness (QED) is 0.594. The molecule has 0 aromatic heterocycles. The predicted octanol–water partition coefficient (Wildman–Crippen LogP) is 3.33. The van der Waals surface area contributed by atoms with Crippen LogP contribution in [-0.2, 0) is 4.79 Å². The van der Waals surface area contributed by atoms with Crippen molar-refractivity contribution in [3.8, 4) is 5.75 Å². The third kappa shape index (κ3) is 5.09. The predicted molar refractivity (Wildman–Crippen MR) is 125 cm³/mol. The highest BCUT2D eigenvalue weighted by atomic mass is 16.5. The number of fused-ring (bicyclic) bond motifs is 1. The van der Waals surface area contributed by atoms with Crippen LogP contribution in [0.4, 0.5) is 0 Å². The Balaban J connectivity index is 1.30. The van der Waals surface area contributed by atoms with Crippen molar-refractivity contribution in [2.75, 3.05) is 33.3 Å². The van der Waals surface area contributed by atoms with E-state index in [0.717, 1.165) is 30.0 Å². The number of hydrogen-bond donors (Lipinski definition) is 1. The van der Waals surface area contributed by atoms with Crippen molar-refractivity contribution in [3.63, 3.8) is 0 Å². The number of aryl methyl sites for hydroxylation is 1. The van der Waals surface area contributed by atoms with E-state index in [2.05, 4.69) is 22.3 Å². The van der Waals surface area contributed by atoms with Gasteiger partial charge in [-0.15, -0.1) is 0 Å². The molecule has 2 aromatic rings. The van der Waals surface area contributed by atoms with Crippen LogP contribution in [-0.4, -0.2) is 60.8 Å². The van der Waals surface area contributed by atoms with Gasteiger partial charge in [-0.2, -0.15) is 0 Å². The van der Waals surface area contributed by atoms with E-state index >= 15 is 0 Å². The maximum atomic E-state index is 12.6.